The van der Waals surface area contributed by atoms with Gasteiger partial charge in [0.15, 0.2) is 5.16 Å². The molecule has 7 nitrogen and oxygen atoms in total. The van der Waals surface area contributed by atoms with Gasteiger partial charge in [-0.1, -0.05) is 23.7 Å². The van der Waals surface area contributed by atoms with E-state index >= 15 is 0 Å². The molecule has 0 aliphatic carbocycles. The number of piperidine rings is 1. The highest BCUT2D eigenvalue weighted by Gasteiger charge is 2.47. The largest absolute Gasteiger partial charge is 0.376 e. The third-order valence-electron chi connectivity index (χ3n) is 6.61. The molecule has 1 aromatic carbocycles. The fraction of sp³-hybridized carbons (Fsp3) is 0.391. The van der Waals surface area contributed by atoms with E-state index < -0.39 is 0 Å². The summed E-state index contributed by atoms with van der Waals surface area (Å²) in [4.78, 5) is 20.7. The molecule has 166 valence electrons. The summed E-state index contributed by atoms with van der Waals surface area (Å²) in [5.41, 5.74) is 9.23. The summed E-state index contributed by atoms with van der Waals surface area (Å²) in [6, 6.07) is 7.83. The molecule has 2 N–H and O–H groups in total. The predicted octanol–water partition coefficient (Wildman–Crippen LogP) is 4.07. The quantitative estimate of drug-likeness (QED) is 0.573. The summed E-state index contributed by atoms with van der Waals surface area (Å²) in [6.07, 6.45) is 9.20. The molecule has 2 fully saturated rings. The van der Waals surface area contributed by atoms with Gasteiger partial charge in [0, 0.05) is 41.2 Å². The van der Waals surface area contributed by atoms with Gasteiger partial charge < -0.3 is 15.4 Å². The van der Waals surface area contributed by atoms with E-state index in [4.69, 9.17) is 22.1 Å². The molecule has 2 aliphatic rings. The van der Waals surface area contributed by atoms with Gasteiger partial charge in [-0.3, -0.25) is 0 Å². The van der Waals surface area contributed by atoms with Crippen LogP contribution in [0.25, 0.3) is 11.3 Å². The molecule has 0 amide bonds. The van der Waals surface area contributed by atoms with Gasteiger partial charge in [0.25, 0.3) is 0 Å². The molecule has 1 spiro atoms. The van der Waals surface area contributed by atoms with Crippen LogP contribution in [-0.4, -0.2) is 51.8 Å². The maximum absolute atomic E-state index is 6.66. The molecule has 3 aromatic rings. The summed E-state index contributed by atoms with van der Waals surface area (Å²) < 4.78 is 5.83. The zero-order chi connectivity index (χ0) is 22.1. The first-order valence-electron chi connectivity index (χ1n) is 10.7. The maximum Gasteiger partial charge on any atom is 0.192 e. The summed E-state index contributed by atoms with van der Waals surface area (Å²) in [5.74, 6) is 0. The Labute approximate surface area is 196 Å². The molecule has 2 saturated heterocycles. The van der Waals surface area contributed by atoms with Crippen LogP contribution in [0, 0.1) is 5.41 Å². The van der Waals surface area contributed by atoms with E-state index in [1.165, 1.54) is 18.1 Å². The number of aromatic nitrogens is 4. The van der Waals surface area contributed by atoms with Gasteiger partial charge in [0.2, 0.25) is 0 Å². The molecule has 2 atom stereocenters. The Morgan fingerprint density at radius 3 is 2.59 bits per heavy atom. The Morgan fingerprint density at radius 2 is 1.94 bits per heavy atom. The van der Waals surface area contributed by atoms with E-state index in [1.54, 1.807) is 6.20 Å². The number of hydrogen-bond donors (Lipinski definition) is 1. The van der Waals surface area contributed by atoms with E-state index in [0.29, 0.717) is 10.2 Å². The number of nitrogens with two attached hydrogens (primary N) is 1. The van der Waals surface area contributed by atoms with Crippen molar-refractivity contribution in [3.8, 4) is 11.3 Å². The first-order valence-corrected chi connectivity index (χ1v) is 11.9. The molecule has 2 aromatic heterocycles. The van der Waals surface area contributed by atoms with E-state index in [2.05, 4.69) is 31.8 Å². The molecule has 5 rings (SSSR count). The third kappa shape index (κ3) is 4.08. The molecule has 9 heteroatoms. The lowest BCUT2D eigenvalue weighted by molar-refractivity contribution is 0.0974. The lowest BCUT2D eigenvalue weighted by Gasteiger charge is -2.41. The van der Waals surface area contributed by atoms with Crippen molar-refractivity contribution in [1.82, 2.24) is 19.9 Å². The fourth-order valence-corrected chi connectivity index (χ4v) is 5.64. The van der Waals surface area contributed by atoms with Crippen molar-refractivity contribution in [1.29, 1.82) is 0 Å². The lowest BCUT2D eigenvalue weighted by atomic mass is 9.73. The summed E-state index contributed by atoms with van der Waals surface area (Å²) >= 11 is 8.11. The minimum absolute atomic E-state index is 0.109. The zero-order valence-electron chi connectivity index (χ0n) is 17.8. The monoisotopic (exact) mass is 468 g/mol. The second-order valence-electron chi connectivity index (χ2n) is 8.43. The van der Waals surface area contributed by atoms with E-state index in [9.17, 15) is 0 Å². The number of ether oxygens (including phenoxy) is 1. The minimum atomic E-state index is 0.109. The summed E-state index contributed by atoms with van der Waals surface area (Å²) in [5, 5.41) is 1.29. The van der Waals surface area contributed by atoms with Crippen molar-refractivity contribution in [2.45, 2.75) is 42.0 Å². The van der Waals surface area contributed by atoms with Crippen molar-refractivity contribution >= 4 is 29.1 Å². The molecule has 2 aliphatic heterocycles. The van der Waals surface area contributed by atoms with Crippen molar-refractivity contribution in [2.24, 2.45) is 11.1 Å². The fourth-order valence-electron chi connectivity index (χ4n) is 4.54. The number of nitrogens with zero attached hydrogens (tertiary/aromatic N) is 5. The molecule has 0 unspecified atom stereocenters. The van der Waals surface area contributed by atoms with Gasteiger partial charge >= 0.3 is 0 Å². The molecule has 32 heavy (non-hydrogen) atoms. The number of halogens is 1. The Kier molecular flexibility index (Phi) is 6.03. The van der Waals surface area contributed by atoms with Crippen molar-refractivity contribution < 1.29 is 4.74 Å². The van der Waals surface area contributed by atoms with Crippen LogP contribution < -0.4 is 10.6 Å². The normalized spacial score (nSPS) is 22.4. The van der Waals surface area contributed by atoms with Crippen LogP contribution in [0.2, 0.25) is 5.02 Å². The van der Waals surface area contributed by atoms with Crippen molar-refractivity contribution in [3.63, 3.8) is 0 Å². The van der Waals surface area contributed by atoms with E-state index in [1.807, 2.05) is 36.7 Å². The predicted molar refractivity (Wildman–Crippen MR) is 126 cm³/mol. The number of hydrogen-bond acceptors (Lipinski definition) is 8. The highest BCUT2D eigenvalue weighted by atomic mass is 35.5. The molecule has 4 heterocycles. The third-order valence-corrected chi connectivity index (χ3v) is 8.08. The first-order chi connectivity index (χ1) is 15.6. The van der Waals surface area contributed by atoms with Crippen LogP contribution in [0.3, 0.4) is 0 Å². The molecular formula is C23H25ClN6OS. The highest BCUT2D eigenvalue weighted by molar-refractivity contribution is 7.99. The van der Waals surface area contributed by atoms with Crippen LogP contribution in [0.15, 0.2) is 59.2 Å². The van der Waals surface area contributed by atoms with Crippen LogP contribution in [0.5, 0.6) is 0 Å². The molecule has 0 saturated carbocycles. The van der Waals surface area contributed by atoms with Crippen LogP contribution in [0.4, 0.5) is 5.69 Å². The zero-order valence-corrected chi connectivity index (χ0v) is 19.4. The van der Waals surface area contributed by atoms with E-state index in [0.717, 1.165) is 54.4 Å². The van der Waals surface area contributed by atoms with Gasteiger partial charge in [-0.25, -0.2) is 19.9 Å². The summed E-state index contributed by atoms with van der Waals surface area (Å²) in [6.45, 7) is 4.72. The van der Waals surface area contributed by atoms with Gasteiger partial charge in [-0.2, -0.15) is 0 Å². The molecule has 0 bridgehead atoms. The smallest absolute Gasteiger partial charge is 0.192 e. The Bertz CT molecular complexity index is 1080. The van der Waals surface area contributed by atoms with Crippen molar-refractivity contribution in [3.05, 3.63) is 54.2 Å². The van der Waals surface area contributed by atoms with Crippen LogP contribution in [-0.2, 0) is 4.74 Å². The second kappa shape index (κ2) is 8.94. The topological polar surface area (TPSA) is 90.0 Å². The standard InChI is InChI=1S/C23H25ClN6OS/c1-15-21(25)23(13-31-15)6-9-30(10-7-23)16-11-27-22(28-12-16)32-19-4-2-3-17(20(19)24)18-5-8-26-14-29-18/h2-5,8,11-12,14-15,21H,6-7,9-10,13,25H2,1H3/t15-,21-/m0/s1. The van der Waals surface area contributed by atoms with Gasteiger partial charge in [0.05, 0.1) is 41.5 Å². The Balaban J connectivity index is 1.26. The second-order valence-corrected chi connectivity index (χ2v) is 9.82. The van der Waals surface area contributed by atoms with Gasteiger partial charge in [-0.05, 0) is 43.7 Å². The van der Waals surface area contributed by atoms with Crippen LogP contribution in [0.1, 0.15) is 19.8 Å². The SMILES string of the molecule is C[C@@H]1OCC2(CCN(c3cnc(Sc4cccc(-c5ccncn5)c4Cl)nc3)CC2)[C@H]1N. The lowest BCUT2D eigenvalue weighted by Crippen LogP contribution is -2.50. The Morgan fingerprint density at radius 1 is 1.16 bits per heavy atom. The minimum Gasteiger partial charge on any atom is -0.376 e. The maximum atomic E-state index is 6.66. The average molecular weight is 469 g/mol. The highest BCUT2D eigenvalue weighted by Crippen LogP contribution is 2.42. The number of rotatable bonds is 4. The molecule has 0 radical (unpaired) electrons. The molecular weight excluding hydrogens is 444 g/mol. The van der Waals surface area contributed by atoms with Gasteiger partial charge in [0.1, 0.15) is 6.33 Å². The summed E-state index contributed by atoms with van der Waals surface area (Å²) in [7, 11) is 0. The number of benzene rings is 1. The van der Waals surface area contributed by atoms with E-state index in [-0.39, 0.29) is 17.6 Å². The van der Waals surface area contributed by atoms with Gasteiger partial charge in [-0.15, -0.1) is 0 Å². The Hall–Kier alpha value is -2.26. The van der Waals surface area contributed by atoms with Crippen LogP contribution >= 0.6 is 23.4 Å². The first kappa shape index (κ1) is 21.6. The van der Waals surface area contributed by atoms with Crippen molar-refractivity contribution in [2.75, 3.05) is 24.6 Å². The average Bonchev–Trinajstić information content (AvgIpc) is 3.10. The number of anilines is 1.